The van der Waals surface area contributed by atoms with Crippen LogP contribution in [0.25, 0.3) is 0 Å². The first-order chi connectivity index (χ1) is 22.1. The van der Waals surface area contributed by atoms with Crippen molar-refractivity contribution in [2.45, 2.75) is 101 Å². The number of nitrogens with one attached hydrogen (secondary N) is 3. The van der Waals surface area contributed by atoms with Crippen LogP contribution in [0.1, 0.15) is 63.4 Å². The normalized spacial score (nSPS) is 24.7. The largest absolute Gasteiger partial charge is 0.480 e. The number of carbonyl (C=O) groups is 5. The molecule has 1 unspecified atom stereocenters. The van der Waals surface area contributed by atoms with Crippen LogP contribution in [0.15, 0.2) is 35.3 Å². The van der Waals surface area contributed by atoms with Crippen molar-refractivity contribution in [2.24, 2.45) is 28.1 Å². The third-order valence-electron chi connectivity index (χ3n) is 8.99. The summed E-state index contributed by atoms with van der Waals surface area (Å²) in [5.74, 6) is -3.03. The summed E-state index contributed by atoms with van der Waals surface area (Å²) in [4.78, 5) is 71.2. The van der Waals surface area contributed by atoms with Gasteiger partial charge in [-0.3, -0.25) is 19.4 Å². The number of rotatable bonds is 16. The van der Waals surface area contributed by atoms with Crippen LogP contribution in [-0.4, -0.2) is 95.2 Å². The number of benzene rings is 1. The van der Waals surface area contributed by atoms with Gasteiger partial charge in [-0.25, -0.2) is 9.59 Å². The number of amides is 4. The molecule has 5 atom stereocenters. The fraction of sp³-hybridized carbons (Fsp3) is 0.613. The summed E-state index contributed by atoms with van der Waals surface area (Å²) in [7, 11) is 0. The summed E-state index contributed by atoms with van der Waals surface area (Å²) in [6.07, 6.45) is 3.18. The average molecular weight is 643 g/mol. The molecular formula is C31H46N8O7. The first kappa shape index (κ1) is 34.5. The second-order valence-electron chi connectivity index (χ2n) is 12.2. The highest BCUT2D eigenvalue weighted by atomic mass is 16.6. The van der Waals surface area contributed by atoms with Crippen molar-refractivity contribution in [3.05, 3.63) is 35.9 Å². The Bertz CT molecular complexity index is 1270. The fourth-order valence-corrected chi connectivity index (χ4v) is 6.73. The number of aliphatic imine (C=N–C) groups is 1. The van der Waals surface area contributed by atoms with Crippen LogP contribution in [0.2, 0.25) is 0 Å². The molecule has 10 N–H and O–H groups in total. The van der Waals surface area contributed by atoms with E-state index in [2.05, 4.69) is 20.9 Å². The number of ether oxygens (including phenoxy) is 1. The molecule has 5 rings (SSSR count). The summed E-state index contributed by atoms with van der Waals surface area (Å²) in [5.41, 5.74) is 17.3. The van der Waals surface area contributed by atoms with Gasteiger partial charge in [-0.05, 0) is 82.2 Å². The van der Waals surface area contributed by atoms with Crippen molar-refractivity contribution in [3.8, 4) is 0 Å². The van der Waals surface area contributed by atoms with Crippen molar-refractivity contribution in [1.82, 2.24) is 20.9 Å². The Hall–Kier alpha value is -4.40. The summed E-state index contributed by atoms with van der Waals surface area (Å²) in [6, 6.07) is 5.41. The molecule has 0 spiro atoms. The summed E-state index contributed by atoms with van der Waals surface area (Å²) < 4.78 is 5.34. The van der Waals surface area contributed by atoms with E-state index in [1.54, 1.807) is 4.90 Å². The molecule has 3 aliphatic heterocycles. The molecule has 0 aromatic heterocycles. The third-order valence-corrected chi connectivity index (χ3v) is 8.99. The monoisotopic (exact) mass is 642 g/mol. The number of carboxylic acid groups (broad SMARTS) is 1. The van der Waals surface area contributed by atoms with Gasteiger partial charge in [0.2, 0.25) is 17.9 Å². The van der Waals surface area contributed by atoms with Gasteiger partial charge in [0, 0.05) is 12.6 Å². The number of aliphatic carboxylic acids is 1. The maximum Gasteiger partial charge on any atom is 0.408 e. The fourth-order valence-electron chi connectivity index (χ4n) is 6.73. The Labute approximate surface area is 268 Å². The molecule has 1 saturated carbocycles. The molecule has 15 heteroatoms. The predicted molar refractivity (Wildman–Crippen MR) is 168 cm³/mol. The van der Waals surface area contributed by atoms with E-state index in [1.165, 1.54) is 0 Å². The molecular weight excluding hydrogens is 596 g/mol. The molecule has 1 aromatic carbocycles. The molecule has 1 aromatic rings. The van der Waals surface area contributed by atoms with Crippen LogP contribution in [-0.2, 0) is 30.3 Å². The van der Waals surface area contributed by atoms with E-state index in [9.17, 15) is 29.1 Å². The molecule has 4 aliphatic rings. The Kier molecular flexibility index (Phi) is 12.2. The van der Waals surface area contributed by atoms with Crippen LogP contribution in [0.3, 0.4) is 0 Å². The van der Waals surface area contributed by atoms with Gasteiger partial charge in [0.1, 0.15) is 18.1 Å². The number of hydrogen-bond acceptors (Lipinski definition) is 8. The second kappa shape index (κ2) is 16.2. The minimum atomic E-state index is -1.20. The molecule has 3 saturated heterocycles. The molecule has 1 aliphatic carbocycles. The van der Waals surface area contributed by atoms with Gasteiger partial charge in [-0.15, -0.1) is 0 Å². The van der Waals surface area contributed by atoms with Crippen LogP contribution >= 0.6 is 0 Å². The van der Waals surface area contributed by atoms with Gasteiger partial charge >= 0.3 is 12.1 Å². The molecule has 2 bridgehead atoms. The van der Waals surface area contributed by atoms with E-state index in [4.69, 9.17) is 21.9 Å². The maximum absolute atomic E-state index is 14.3. The Balaban J connectivity index is 1.50. The van der Waals surface area contributed by atoms with Crippen molar-refractivity contribution >= 4 is 35.7 Å². The Morgan fingerprint density at radius 3 is 2.30 bits per heavy atom. The van der Waals surface area contributed by atoms with Gasteiger partial charge in [0.15, 0.2) is 5.96 Å². The van der Waals surface area contributed by atoms with Crippen LogP contribution in [0.5, 0.6) is 0 Å². The highest BCUT2D eigenvalue weighted by Crippen LogP contribution is 2.40. The highest BCUT2D eigenvalue weighted by Gasteiger charge is 2.50. The predicted octanol–water partition coefficient (Wildman–Crippen LogP) is -0.287. The highest BCUT2D eigenvalue weighted by molar-refractivity contribution is 5.95. The van der Waals surface area contributed by atoms with Crippen LogP contribution in [0.4, 0.5) is 4.79 Å². The van der Waals surface area contributed by atoms with Gasteiger partial charge in [0.05, 0.1) is 6.04 Å². The number of hydrogen-bond donors (Lipinski definition) is 7. The number of fused-ring (bicyclic) bond motifs is 3. The molecule has 3 heterocycles. The van der Waals surface area contributed by atoms with Gasteiger partial charge in [-0.1, -0.05) is 30.3 Å². The summed E-state index contributed by atoms with van der Waals surface area (Å²) in [5, 5.41) is 18.0. The lowest BCUT2D eigenvalue weighted by Crippen LogP contribution is -2.67. The topological polar surface area (TPSA) is 245 Å². The van der Waals surface area contributed by atoms with E-state index in [0.717, 1.165) is 18.4 Å². The number of alkyl carbamates (subject to hydrolysis) is 1. The van der Waals surface area contributed by atoms with Crippen molar-refractivity contribution in [2.75, 3.05) is 13.1 Å². The average Bonchev–Trinajstić information content (AvgIpc) is 3.41. The van der Waals surface area contributed by atoms with Crippen LogP contribution < -0.4 is 33.2 Å². The second-order valence-corrected chi connectivity index (χ2v) is 12.2. The molecule has 4 fully saturated rings. The lowest BCUT2D eigenvalue weighted by atomic mass is 9.73. The van der Waals surface area contributed by atoms with Crippen molar-refractivity contribution in [1.29, 1.82) is 0 Å². The van der Waals surface area contributed by atoms with E-state index < -0.39 is 60.1 Å². The van der Waals surface area contributed by atoms with E-state index in [1.807, 2.05) is 30.3 Å². The number of carbonyl (C=O) groups excluding carboxylic acids is 4. The van der Waals surface area contributed by atoms with E-state index >= 15 is 0 Å². The maximum atomic E-state index is 14.3. The SMILES string of the molecule is NCCCC[C@H](NC(=O)[C@@H]1OC(=O)NC1Cc1ccccc1)C(=O)N1C2CCC(CC2)[C@H]1C(=O)N[C@@H](CCCN=C(N)N)C(=O)O. The zero-order chi connectivity index (χ0) is 33.2. The zero-order valence-electron chi connectivity index (χ0n) is 25.9. The zero-order valence-corrected chi connectivity index (χ0v) is 25.9. The number of cyclic esters (lactones) is 1. The van der Waals surface area contributed by atoms with Gasteiger partial charge in [0.25, 0.3) is 5.91 Å². The van der Waals surface area contributed by atoms with E-state index in [0.29, 0.717) is 45.1 Å². The third kappa shape index (κ3) is 8.86. The molecule has 0 radical (unpaired) electrons. The first-order valence-corrected chi connectivity index (χ1v) is 16.0. The Morgan fingerprint density at radius 1 is 0.978 bits per heavy atom. The minimum absolute atomic E-state index is 0.0999. The number of unbranched alkanes of at least 4 members (excludes halogenated alkanes) is 1. The van der Waals surface area contributed by atoms with Gasteiger partial charge in [-0.2, -0.15) is 0 Å². The minimum Gasteiger partial charge on any atom is -0.480 e. The number of piperidine rings is 2. The number of guanidine groups is 1. The van der Waals surface area contributed by atoms with Gasteiger partial charge < -0.3 is 47.9 Å². The molecule has 46 heavy (non-hydrogen) atoms. The number of carboxylic acids is 1. The smallest absolute Gasteiger partial charge is 0.408 e. The number of nitrogens with zero attached hydrogens (tertiary/aromatic N) is 2. The number of nitrogens with two attached hydrogens (primary N) is 3. The standard InChI is InChI=1S/C31H46N8O7/c32-15-5-4-9-21(36-27(41)25-23(38-31(45)46-25)17-18-7-2-1-3-8-18)28(42)39-20-13-11-19(12-14-20)24(39)26(40)37-22(29(43)44)10-6-16-35-30(33)34/h1-3,7-8,19-25H,4-6,9-17,32H2,(H,36,41)(H,37,40)(H,38,45)(H,43,44)(H4,33,34,35)/t19?,20?,21-,22-,23?,24-,25+/m0/s1. The quantitative estimate of drug-likeness (QED) is 0.0706. The summed E-state index contributed by atoms with van der Waals surface area (Å²) >= 11 is 0. The molecule has 15 nitrogen and oxygen atoms in total. The van der Waals surface area contributed by atoms with E-state index in [-0.39, 0.29) is 37.3 Å². The summed E-state index contributed by atoms with van der Waals surface area (Å²) in [6.45, 7) is 0.611. The lowest BCUT2D eigenvalue weighted by Gasteiger charge is -2.51. The van der Waals surface area contributed by atoms with Crippen molar-refractivity contribution < 1.29 is 33.8 Å². The molecule has 252 valence electrons. The van der Waals surface area contributed by atoms with Crippen molar-refractivity contribution in [3.63, 3.8) is 0 Å². The van der Waals surface area contributed by atoms with Crippen LogP contribution in [0, 0.1) is 5.92 Å². The molecule has 4 amide bonds. The lowest BCUT2D eigenvalue weighted by molar-refractivity contribution is -0.157. The first-order valence-electron chi connectivity index (χ1n) is 16.0. The Morgan fingerprint density at radius 2 is 1.65 bits per heavy atom.